The van der Waals surface area contributed by atoms with Crippen molar-refractivity contribution in [3.8, 4) is 28.5 Å². The van der Waals surface area contributed by atoms with Crippen LogP contribution in [0, 0.1) is 25.2 Å². The van der Waals surface area contributed by atoms with Gasteiger partial charge < -0.3 is 4.42 Å². The number of rotatable bonds is 3. The maximum absolute atomic E-state index is 9.98. The fourth-order valence-corrected chi connectivity index (χ4v) is 6.03. The van der Waals surface area contributed by atoms with Crippen molar-refractivity contribution in [2.75, 3.05) is 0 Å². The van der Waals surface area contributed by atoms with Gasteiger partial charge in [-0.1, -0.05) is 61.7 Å². The number of pyridine rings is 1. The van der Waals surface area contributed by atoms with Gasteiger partial charge in [-0.05, 0) is 54.5 Å². The standard InChI is InChI=1S/C33H31N2O/c1-21-14-16-28-31-25(20-34)15-17-27(24-12-8-5-9-13-24)32(31)36-33(28)30(21)29-19-26(18-22(2)35(29)3)23-10-6-4-7-11-23/h5,8-9,12-19,23H,4,6-7,10-11H2,1-3H3/q+1. The quantitative estimate of drug-likeness (QED) is 0.248. The number of benzene rings is 3. The molecule has 0 saturated heterocycles. The molecule has 2 aromatic heterocycles. The van der Waals surface area contributed by atoms with Crippen LogP contribution < -0.4 is 4.57 Å². The molecule has 1 aliphatic carbocycles. The lowest BCUT2D eigenvalue weighted by molar-refractivity contribution is -0.666. The van der Waals surface area contributed by atoms with Crippen LogP contribution in [0.4, 0.5) is 0 Å². The lowest BCUT2D eigenvalue weighted by atomic mass is 9.83. The van der Waals surface area contributed by atoms with Gasteiger partial charge in [0, 0.05) is 35.4 Å². The molecule has 3 aromatic carbocycles. The second-order valence-corrected chi connectivity index (χ2v) is 10.3. The average molecular weight is 472 g/mol. The van der Waals surface area contributed by atoms with Gasteiger partial charge in [0.1, 0.15) is 18.2 Å². The number of nitriles is 1. The number of hydrogen-bond donors (Lipinski definition) is 0. The minimum absolute atomic E-state index is 0.627. The Balaban J connectivity index is 1.66. The van der Waals surface area contributed by atoms with Crippen molar-refractivity contribution in [3.05, 3.63) is 89.1 Å². The molecule has 0 spiro atoms. The smallest absolute Gasteiger partial charge is 0.216 e. The number of hydrogen-bond acceptors (Lipinski definition) is 2. The Morgan fingerprint density at radius 2 is 1.67 bits per heavy atom. The monoisotopic (exact) mass is 471 g/mol. The van der Waals surface area contributed by atoms with E-state index in [2.05, 4.69) is 67.9 Å². The zero-order chi connectivity index (χ0) is 24.8. The molecule has 2 heterocycles. The van der Waals surface area contributed by atoms with Crippen molar-refractivity contribution in [1.29, 1.82) is 5.26 Å². The van der Waals surface area contributed by atoms with Crippen LogP contribution in [0.1, 0.15) is 60.4 Å². The third-order valence-corrected chi connectivity index (χ3v) is 8.10. The van der Waals surface area contributed by atoms with Crippen LogP contribution >= 0.6 is 0 Å². The fourth-order valence-electron chi connectivity index (χ4n) is 6.03. The summed E-state index contributed by atoms with van der Waals surface area (Å²) >= 11 is 0. The average Bonchev–Trinajstić information content (AvgIpc) is 3.30. The first kappa shape index (κ1) is 22.6. The Hall–Kier alpha value is -3.90. The van der Waals surface area contributed by atoms with E-state index in [0.717, 1.165) is 38.6 Å². The molecule has 178 valence electrons. The second kappa shape index (κ2) is 8.95. The van der Waals surface area contributed by atoms with Gasteiger partial charge in [-0.2, -0.15) is 9.83 Å². The Kier molecular flexibility index (Phi) is 5.61. The van der Waals surface area contributed by atoms with Crippen LogP contribution in [-0.2, 0) is 7.05 Å². The molecule has 36 heavy (non-hydrogen) atoms. The van der Waals surface area contributed by atoms with E-state index in [0.29, 0.717) is 11.5 Å². The largest absolute Gasteiger partial charge is 0.454 e. The van der Waals surface area contributed by atoms with Crippen LogP contribution in [0.25, 0.3) is 44.3 Å². The molecule has 3 heteroatoms. The van der Waals surface area contributed by atoms with Gasteiger partial charge >= 0.3 is 0 Å². The minimum atomic E-state index is 0.627. The van der Waals surface area contributed by atoms with E-state index in [1.165, 1.54) is 54.6 Å². The summed E-state index contributed by atoms with van der Waals surface area (Å²) in [6.45, 7) is 4.36. The maximum Gasteiger partial charge on any atom is 0.216 e. The highest BCUT2D eigenvalue weighted by atomic mass is 16.3. The van der Waals surface area contributed by atoms with E-state index in [9.17, 15) is 5.26 Å². The van der Waals surface area contributed by atoms with Crippen LogP contribution in [-0.4, -0.2) is 0 Å². The van der Waals surface area contributed by atoms with E-state index in [1.807, 2.05) is 30.3 Å². The Labute approximate surface area is 212 Å². The first-order valence-corrected chi connectivity index (χ1v) is 13.0. The van der Waals surface area contributed by atoms with Gasteiger partial charge in [0.2, 0.25) is 5.69 Å². The number of furan rings is 1. The van der Waals surface area contributed by atoms with Gasteiger partial charge in [-0.3, -0.25) is 0 Å². The predicted molar refractivity (Wildman–Crippen MR) is 146 cm³/mol. The third kappa shape index (κ3) is 3.60. The van der Waals surface area contributed by atoms with Crippen molar-refractivity contribution in [1.82, 2.24) is 0 Å². The lowest BCUT2D eigenvalue weighted by Crippen LogP contribution is -2.35. The summed E-state index contributed by atoms with van der Waals surface area (Å²) in [6.07, 6.45) is 6.53. The van der Waals surface area contributed by atoms with Crippen LogP contribution in [0.2, 0.25) is 0 Å². The molecule has 3 nitrogen and oxygen atoms in total. The number of aryl methyl sites for hydroxylation is 2. The van der Waals surface area contributed by atoms with Crippen LogP contribution in [0.3, 0.4) is 0 Å². The summed E-state index contributed by atoms with van der Waals surface area (Å²) < 4.78 is 9.04. The van der Waals surface area contributed by atoms with Crippen molar-refractivity contribution in [3.63, 3.8) is 0 Å². The van der Waals surface area contributed by atoms with Gasteiger partial charge in [0.15, 0.2) is 5.69 Å². The second-order valence-electron chi connectivity index (χ2n) is 10.3. The molecule has 1 aliphatic rings. The molecule has 0 amide bonds. The molecule has 0 aliphatic heterocycles. The number of aromatic nitrogens is 1. The van der Waals surface area contributed by atoms with Gasteiger partial charge in [-0.15, -0.1) is 0 Å². The zero-order valence-corrected chi connectivity index (χ0v) is 21.3. The lowest BCUT2D eigenvalue weighted by Gasteiger charge is -2.22. The number of nitrogens with zero attached hydrogens (tertiary/aromatic N) is 2. The molecule has 0 unspecified atom stereocenters. The first-order chi connectivity index (χ1) is 17.6. The summed E-state index contributed by atoms with van der Waals surface area (Å²) in [4.78, 5) is 0. The Morgan fingerprint density at radius 1 is 0.889 bits per heavy atom. The van der Waals surface area contributed by atoms with Crippen LogP contribution in [0.15, 0.2) is 71.1 Å². The third-order valence-electron chi connectivity index (χ3n) is 8.10. The van der Waals surface area contributed by atoms with E-state index >= 15 is 0 Å². The van der Waals surface area contributed by atoms with E-state index in [4.69, 9.17) is 4.42 Å². The Morgan fingerprint density at radius 3 is 2.42 bits per heavy atom. The van der Waals surface area contributed by atoms with Gasteiger partial charge in [0.25, 0.3) is 0 Å². The summed E-state index contributed by atoms with van der Waals surface area (Å²) in [5.74, 6) is 0.627. The summed E-state index contributed by atoms with van der Waals surface area (Å²) in [7, 11) is 2.15. The van der Waals surface area contributed by atoms with E-state index < -0.39 is 0 Å². The normalized spacial score (nSPS) is 14.4. The highest BCUT2D eigenvalue weighted by Crippen LogP contribution is 2.43. The Bertz CT molecular complexity index is 1650. The molecular weight excluding hydrogens is 440 g/mol. The molecule has 6 rings (SSSR count). The maximum atomic E-state index is 9.98. The van der Waals surface area contributed by atoms with Crippen molar-refractivity contribution in [2.45, 2.75) is 51.9 Å². The molecular formula is C33H31N2O+. The molecule has 1 saturated carbocycles. The van der Waals surface area contributed by atoms with E-state index in [-0.39, 0.29) is 0 Å². The zero-order valence-electron chi connectivity index (χ0n) is 21.3. The highest BCUT2D eigenvalue weighted by molar-refractivity contribution is 6.15. The van der Waals surface area contributed by atoms with Gasteiger partial charge in [-0.25, -0.2) is 0 Å². The van der Waals surface area contributed by atoms with Crippen molar-refractivity contribution < 1.29 is 8.98 Å². The minimum Gasteiger partial charge on any atom is -0.454 e. The predicted octanol–water partition coefficient (Wildman–Crippen LogP) is 8.28. The molecule has 0 atom stereocenters. The molecule has 0 bridgehead atoms. The summed E-state index contributed by atoms with van der Waals surface area (Å²) in [5, 5.41) is 11.9. The fraction of sp³-hybridized carbons (Fsp3) is 0.273. The van der Waals surface area contributed by atoms with Crippen LogP contribution in [0.5, 0.6) is 0 Å². The van der Waals surface area contributed by atoms with Crippen molar-refractivity contribution >= 4 is 21.9 Å². The summed E-state index contributed by atoms with van der Waals surface area (Å²) in [6, 6.07) is 25.7. The topological polar surface area (TPSA) is 40.8 Å². The molecule has 0 N–H and O–H groups in total. The molecule has 5 aromatic rings. The summed E-state index contributed by atoms with van der Waals surface area (Å²) in [5.41, 5.74) is 10.6. The van der Waals surface area contributed by atoms with Gasteiger partial charge in [0.05, 0.1) is 17.2 Å². The highest BCUT2D eigenvalue weighted by Gasteiger charge is 2.26. The molecule has 0 radical (unpaired) electrons. The SMILES string of the molecule is Cc1ccc2c(oc3c(-c4ccccc4)ccc(C#N)c32)c1-c1cc(C2CCCCC2)cc(C)[n+]1C. The number of fused-ring (bicyclic) bond motifs is 3. The van der Waals surface area contributed by atoms with Crippen molar-refractivity contribution in [2.24, 2.45) is 7.05 Å². The van der Waals surface area contributed by atoms with E-state index in [1.54, 1.807) is 0 Å². The first-order valence-electron chi connectivity index (χ1n) is 13.0. The molecule has 1 fully saturated rings.